The lowest BCUT2D eigenvalue weighted by Gasteiger charge is -2.21. The van der Waals surface area contributed by atoms with E-state index >= 15 is 0 Å². The van der Waals surface area contributed by atoms with Crippen LogP contribution in [-0.4, -0.2) is 9.55 Å². The summed E-state index contributed by atoms with van der Waals surface area (Å²) in [6, 6.07) is 0.185. The maximum atomic E-state index is 13.4. The Kier molecular flexibility index (Phi) is 6.84. The summed E-state index contributed by atoms with van der Waals surface area (Å²) >= 11 is 10.1. The molecule has 0 saturated carbocycles. The second-order valence-corrected chi connectivity index (χ2v) is 7.51. The van der Waals surface area contributed by atoms with Gasteiger partial charge in [-0.2, -0.15) is 39.5 Å². The largest absolute Gasteiger partial charge is 0.435 e. The Morgan fingerprint density at radius 3 is 1.97 bits per heavy atom. The van der Waals surface area contributed by atoms with E-state index < -0.39 is 66.5 Å². The minimum absolute atomic E-state index is 0.185. The lowest BCUT2D eigenvalue weighted by atomic mass is 10.1. The van der Waals surface area contributed by atoms with Gasteiger partial charge in [0.2, 0.25) is 5.95 Å². The average molecular weight is 609 g/mol. The van der Waals surface area contributed by atoms with E-state index in [1.165, 1.54) is 0 Å². The van der Waals surface area contributed by atoms with Crippen LogP contribution in [0.2, 0.25) is 5.02 Å². The van der Waals surface area contributed by atoms with Crippen molar-refractivity contribution in [1.29, 1.82) is 0 Å². The van der Waals surface area contributed by atoms with Gasteiger partial charge in [0.1, 0.15) is 5.02 Å². The van der Waals surface area contributed by atoms with Crippen molar-refractivity contribution in [2.45, 2.75) is 18.5 Å². The third-order valence-corrected chi connectivity index (χ3v) is 5.54. The highest BCUT2D eigenvalue weighted by Gasteiger charge is 2.43. The van der Waals surface area contributed by atoms with E-state index in [1.807, 2.05) is 5.32 Å². The summed E-state index contributed by atoms with van der Waals surface area (Å²) in [6.45, 7) is 3.14. The van der Waals surface area contributed by atoms with Crippen molar-refractivity contribution >= 4 is 61.3 Å². The van der Waals surface area contributed by atoms with E-state index in [1.54, 1.807) is 0 Å². The summed E-state index contributed by atoms with van der Waals surface area (Å²) in [4.78, 5) is 15.1. The molecule has 2 aromatic rings. The standard InChI is InChI=1S/C15H5Br2ClF9N3O/c1-2-30-11(31)9(18)10(15(25,26)27)29-12(30)28-5-3-4(13(19,20)21)7(16)6(8(5)17)14(22,23)24/h2-3H,1H2,(H,28,29). The van der Waals surface area contributed by atoms with E-state index in [0.29, 0.717) is 6.20 Å². The molecule has 0 spiro atoms. The van der Waals surface area contributed by atoms with Gasteiger partial charge in [0.15, 0.2) is 5.69 Å². The smallest absolute Gasteiger partial charge is 0.324 e. The minimum atomic E-state index is -5.31. The average Bonchev–Trinajstić information content (AvgIpc) is 2.57. The van der Waals surface area contributed by atoms with Gasteiger partial charge in [-0.1, -0.05) is 18.2 Å². The quantitative estimate of drug-likeness (QED) is 0.371. The molecule has 0 bridgehead atoms. The first-order chi connectivity index (χ1) is 13.9. The Morgan fingerprint density at radius 2 is 1.55 bits per heavy atom. The summed E-state index contributed by atoms with van der Waals surface area (Å²) in [5.74, 6) is -1.08. The van der Waals surface area contributed by atoms with Crippen LogP contribution in [0.3, 0.4) is 0 Å². The summed E-state index contributed by atoms with van der Waals surface area (Å²) in [6.07, 6.45) is -15.2. The van der Waals surface area contributed by atoms with Crippen LogP contribution >= 0.6 is 43.5 Å². The number of benzene rings is 1. The van der Waals surface area contributed by atoms with E-state index in [4.69, 9.17) is 11.6 Å². The number of anilines is 2. The van der Waals surface area contributed by atoms with Crippen molar-refractivity contribution < 1.29 is 39.5 Å². The zero-order valence-corrected chi connectivity index (χ0v) is 18.1. The van der Waals surface area contributed by atoms with Gasteiger partial charge in [0.05, 0.1) is 21.3 Å². The molecule has 16 heteroatoms. The number of hydrogen-bond acceptors (Lipinski definition) is 3. The molecule has 0 aliphatic rings. The van der Waals surface area contributed by atoms with Gasteiger partial charge in [0.25, 0.3) is 5.56 Å². The zero-order chi connectivity index (χ0) is 24.1. The number of nitrogens with zero attached hydrogens (tertiary/aromatic N) is 2. The van der Waals surface area contributed by atoms with Crippen LogP contribution in [0.1, 0.15) is 16.8 Å². The van der Waals surface area contributed by atoms with Crippen molar-refractivity contribution in [3.8, 4) is 0 Å². The summed E-state index contributed by atoms with van der Waals surface area (Å²) < 4.78 is 117. The van der Waals surface area contributed by atoms with Gasteiger partial charge in [-0.3, -0.25) is 9.36 Å². The SMILES string of the molecule is C=Cn1c(Nc2cc(C(F)(F)F)c(Br)c(C(F)(F)F)c2Br)nc(C(F)(F)F)c(Cl)c1=O. The van der Waals surface area contributed by atoms with E-state index in [2.05, 4.69) is 43.4 Å². The Labute approximate surface area is 188 Å². The molecular weight excluding hydrogens is 604 g/mol. The third kappa shape index (κ3) is 5.03. The molecule has 170 valence electrons. The summed E-state index contributed by atoms with van der Waals surface area (Å²) in [5, 5.41) is 0.504. The van der Waals surface area contributed by atoms with E-state index in [9.17, 15) is 44.3 Å². The molecule has 4 nitrogen and oxygen atoms in total. The number of aromatic nitrogens is 2. The first-order valence-electron chi connectivity index (χ1n) is 7.36. The molecule has 0 unspecified atom stereocenters. The molecule has 0 aliphatic carbocycles. The van der Waals surface area contributed by atoms with Crippen molar-refractivity contribution in [1.82, 2.24) is 9.55 Å². The van der Waals surface area contributed by atoms with Crippen LogP contribution in [-0.2, 0) is 18.5 Å². The first-order valence-corrected chi connectivity index (χ1v) is 9.32. The van der Waals surface area contributed by atoms with Gasteiger partial charge >= 0.3 is 18.5 Å². The second kappa shape index (κ2) is 8.31. The second-order valence-electron chi connectivity index (χ2n) is 5.55. The van der Waals surface area contributed by atoms with Crippen LogP contribution < -0.4 is 10.9 Å². The van der Waals surface area contributed by atoms with Crippen LogP contribution in [0.4, 0.5) is 51.1 Å². The Hall–Kier alpha value is -1.74. The normalized spacial score (nSPS) is 12.8. The molecule has 1 N–H and O–H groups in total. The zero-order valence-electron chi connectivity index (χ0n) is 14.2. The fourth-order valence-electron chi connectivity index (χ4n) is 2.26. The molecule has 31 heavy (non-hydrogen) atoms. The van der Waals surface area contributed by atoms with Crippen molar-refractivity contribution in [2.24, 2.45) is 0 Å². The maximum absolute atomic E-state index is 13.4. The van der Waals surface area contributed by atoms with Crippen LogP contribution in [0.5, 0.6) is 0 Å². The molecule has 1 aromatic carbocycles. The van der Waals surface area contributed by atoms with Crippen LogP contribution in [0.25, 0.3) is 6.20 Å². The molecule has 0 atom stereocenters. The number of nitrogens with one attached hydrogen (secondary N) is 1. The molecule has 2 rings (SSSR count). The Morgan fingerprint density at radius 1 is 1.00 bits per heavy atom. The van der Waals surface area contributed by atoms with Crippen molar-refractivity contribution in [2.75, 3.05) is 5.32 Å². The monoisotopic (exact) mass is 607 g/mol. The van der Waals surface area contributed by atoms with E-state index in [0.717, 1.165) is 0 Å². The molecule has 0 saturated heterocycles. The first kappa shape index (κ1) is 25.5. The number of rotatable bonds is 3. The maximum Gasteiger partial charge on any atom is 0.435 e. The summed E-state index contributed by atoms with van der Waals surface area (Å²) in [7, 11) is 0. The highest BCUT2D eigenvalue weighted by molar-refractivity contribution is 9.11. The highest BCUT2D eigenvalue weighted by Crippen LogP contribution is 2.49. The summed E-state index contributed by atoms with van der Waals surface area (Å²) in [5.41, 5.74) is -7.99. The van der Waals surface area contributed by atoms with E-state index in [-0.39, 0.29) is 10.6 Å². The lowest BCUT2D eigenvalue weighted by Crippen LogP contribution is -2.26. The third-order valence-electron chi connectivity index (χ3n) is 3.55. The van der Waals surface area contributed by atoms with Crippen LogP contribution in [0.15, 0.2) is 26.4 Å². The number of hydrogen-bond donors (Lipinski definition) is 1. The minimum Gasteiger partial charge on any atom is -0.324 e. The number of alkyl halides is 9. The van der Waals surface area contributed by atoms with Crippen LogP contribution in [0, 0.1) is 0 Å². The van der Waals surface area contributed by atoms with Gasteiger partial charge in [0, 0.05) is 10.7 Å². The Bertz CT molecular complexity index is 1110. The topological polar surface area (TPSA) is 46.9 Å². The predicted molar refractivity (Wildman–Crippen MR) is 100 cm³/mol. The predicted octanol–water partition coefficient (Wildman–Crippen LogP) is 7.32. The van der Waals surface area contributed by atoms with Crippen molar-refractivity contribution in [3.05, 3.63) is 53.8 Å². The molecule has 1 aromatic heterocycles. The van der Waals surface area contributed by atoms with Gasteiger partial charge in [-0.15, -0.1) is 0 Å². The molecule has 0 radical (unpaired) electrons. The molecule has 0 aliphatic heterocycles. The molecule has 1 heterocycles. The lowest BCUT2D eigenvalue weighted by molar-refractivity contribution is -0.144. The van der Waals surface area contributed by atoms with Gasteiger partial charge in [-0.25, -0.2) is 4.98 Å². The van der Waals surface area contributed by atoms with Crippen molar-refractivity contribution in [3.63, 3.8) is 0 Å². The van der Waals surface area contributed by atoms with Gasteiger partial charge in [-0.05, 0) is 37.9 Å². The fourth-order valence-corrected chi connectivity index (χ4v) is 4.17. The highest BCUT2D eigenvalue weighted by atomic mass is 79.9. The van der Waals surface area contributed by atoms with Gasteiger partial charge < -0.3 is 5.32 Å². The molecular formula is C15H5Br2ClF9N3O. The number of halogens is 12. The molecule has 0 amide bonds. The Balaban J connectivity index is 2.87. The fraction of sp³-hybridized carbons (Fsp3) is 0.200. The molecule has 0 fully saturated rings.